The van der Waals surface area contributed by atoms with Gasteiger partial charge in [0.1, 0.15) is 23.7 Å². The van der Waals surface area contributed by atoms with Crippen molar-refractivity contribution in [2.24, 2.45) is 5.11 Å². The number of azo groups is 2. The molecule has 0 aliphatic carbocycles. The molecule has 1 amide bonds. The van der Waals surface area contributed by atoms with E-state index in [1.807, 2.05) is 23.0 Å². The second-order valence-electron chi connectivity index (χ2n) is 10.7. The molecule has 1 unspecified atom stereocenters. The molecular formula is C30H36BN6O2+2. The third-order valence-electron chi connectivity index (χ3n) is 7.85. The molecular weight excluding hydrogens is 487 g/mol. The summed E-state index contributed by atoms with van der Waals surface area (Å²) in [6.45, 7) is 5.82. The van der Waals surface area contributed by atoms with Crippen molar-refractivity contribution in [3.63, 3.8) is 0 Å². The minimum Gasteiger partial charge on any atom is -0.386 e. The van der Waals surface area contributed by atoms with Crippen molar-refractivity contribution in [3.8, 4) is 0 Å². The van der Waals surface area contributed by atoms with Crippen LogP contribution in [-0.2, 0) is 4.79 Å². The normalized spacial score (nSPS) is 18.7. The van der Waals surface area contributed by atoms with Gasteiger partial charge in [0.2, 0.25) is 5.91 Å². The zero-order valence-electron chi connectivity index (χ0n) is 22.8. The van der Waals surface area contributed by atoms with Crippen LogP contribution in [0.4, 0.5) is 11.5 Å². The largest absolute Gasteiger partial charge is 0.701 e. The topological polar surface area (TPSA) is 75.9 Å². The average Bonchev–Trinajstić information content (AvgIpc) is 3.52. The van der Waals surface area contributed by atoms with E-state index >= 15 is 0 Å². The van der Waals surface area contributed by atoms with Gasteiger partial charge in [0.05, 0.1) is 18.7 Å². The number of hydrogen-bond donors (Lipinski definition) is 2. The fourth-order valence-electron chi connectivity index (χ4n) is 5.81. The van der Waals surface area contributed by atoms with Crippen LogP contribution >= 0.6 is 0 Å². The van der Waals surface area contributed by atoms with E-state index in [1.54, 1.807) is 0 Å². The quantitative estimate of drug-likeness (QED) is 0.292. The van der Waals surface area contributed by atoms with E-state index in [9.17, 15) is 9.90 Å². The molecule has 1 aromatic carbocycles. The van der Waals surface area contributed by atoms with Crippen LogP contribution in [0, 0.1) is 0 Å². The highest BCUT2D eigenvalue weighted by molar-refractivity contribution is 6.41. The lowest BCUT2D eigenvalue weighted by Crippen LogP contribution is -2.43. The standard InChI is InChI=1S/C30H35BN6O2/c1-3-4-6-9-27(39)24-20-35(33-24)29-17-15-26-30(22-10-12-23(13-11-22)32-21(2)38)25-14-16-28(36(25)31-37(26)29)34-18-7-5-8-19-34/h10-17,20,27,39H,3-9,18-19H2,1-2H3/q+1/p+1. The molecule has 199 valence electrons. The summed E-state index contributed by atoms with van der Waals surface area (Å²) >= 11 is 0. The van der Waals surface area contributed by atoms with Gasteiger partial charge in [0, 0.05) is 24.8 Å². The molecule has 39 heavy (non-hydrogen) atoms. The number of unbranched alkanes of at least 4 members (excludes halogenated alkanes) is 2. The molecule has 8 nitrogen and oxygen atoms in total. The first-order valence-corrected chi connectivity index (χ1v) is 14.2. The number of aliphatic hydroxyl groups excluding tert-OH is 1. The number of aromatic nitrogens is 1. The Kier molecular flexibility index (Phi) is 7.08. The molecule has 2 N–H and O–H groups in total. The van der Waals surface area contributed by atoms with Crippen molar-refractivity contribution in [2.75, 3.05) is 18.4 Å². The number of nitrogens with one attached hydrogen (secondary N) is 1. The second-order valence-corrected chi connectivity index (χ2v) is 10.7. The number of carbonyl (C=O) groups is 1. The van der Waals surface area contributed by atoms with Gasteiger partial charge in [-0.25, -0.2) is 9.29 Å². The zero-order valence-corrected chi connectivity index (χ0v) is 22.8. The lowest BCUT2D eigenvalue weighted by molar-refractivity contribution is -0.539. The van der Waals surface area contributed by atoms with Crippen LogP contribution in [0.2, 0.25) is 0 Å². The molecule has 1 aromatic heterocycles. The first kappa shape index (κ1) is 25.6. The molecule has 1 radical (unpaired) electrons. The van der Waals surface area contributed by atoms with Crippen molar-refractivity contribution in [2.45, 2.75) is 64.9 Å². The number of piperidine rings is 1. The Morgan fingerprint density at radius 3 is 2.59 bits per heavy atom. The highest BCUT2D eigenvalue weighted by Crippen LogP contribution is 2.39. The molecule has 0 bridgehead atoms. The molecule has 6 rings (SSSR count). The molecule has 0 saturated carbocycles. The first-order chi connectivity index (χ1) is 19.0. The Morgan fingerprint density at radius 2 is 1.87 bits per heavy atom. The van der Waals surface area contributed by atoms with Gasteiger partial charge in [-0.1, -0.05) is 43.4 Å². The summed E-state index contributed by atoms with van der Waals surface area (Å²) in [5.41, 5.74) is 5.95. The van der Waals surface area contributed by atoms with Gasteiger partial charge < -0.3 is 10.4 Å². The summed E-state index contributed by atoms with van der Waals surface area (Å²) in [6, 6.07) is 12.3. The first-order valence-electron chi connectivity index (χ1n) is 14.2. The number of benzene rings is 1. The number of allylic oxidation sites excluding steroid dienone is 1. The fourth-order valence-corrected chi connectivity index (χ4v) is 5.81. The molecule has 0 spiro atoms. The lowest BCUT2D eigenvalue weighted by Gasteiger charge is -2.24. The minimum atomic E-state index is -0.515. The number of carbonyl (C=O) groups excluding carboxylic acids is 1. The number of amidine groups is 1. The zero-order chi connectivity index (χ0) is 26.9. The van der Waals surface area contributed by atoms with Gasteiger partial charge in [-0.05, 0) is 55.5 Å². The summed E-state index contributed by atoms with van der Waals surface area (Å²) in [6.07, 6.45) is 13.6. The predicted molar refractivity (Wildman–Crippen MR) is 153 cm³/mol. The molecule has 5 heterocycles. The summed E-state index contributed by atoms with van der Waals surface area (Å²) in [5, 5.41) is 18.1. The van der Waals surface area contributed by atoms with E-state index in [1.165, 1.54) is 32.0 Å². The Morgan fingerprint density at radius 1 is 1.10 bits per heavy atom. The lowest BCUT2D eigenvalue weighted by atomic mass is 9.91. The molecule has 9 heteroatoms. The van der Waals surface area contributed by atoms with Crippen molar-refractivity contribution >= 4 is 36.4 Å². The van der Waals surface area contributed by atoms with Crippen LogP contribution < -0.4 is 5.32 Å². The number of amides is 1. The van der Waals surface area contributed by atoms with Gasteiger partial charge in [-0.15, -0.1) is 4.70 Å². The van der Waals surface area contributed by atoms with E-state index in [0.717, 1.165) is 78.5 Å². The molecule has 4 aliphatic rings. The summed E-state index contributed by atoms with van der Waals surface area (Å²) in [4.78, 5) is 13.8. The highest BCUT2D eigenvalue weighted by Gasteiger charge is 2.46. The van der Waals surface area contributed by atoms with E-state index < -0.39 is 6.10 Å². The number of fused-ring (bicyclic) bond motifs is 2. The maximum Gasteiger partial charge on any atom is 0.701 e. The highest BCUT2D eigenvalue weighted by atomic mass is 16.3. The number of anilines is 1. The summed E-state index contributed by atoms with van der Waals surface area (Å²) < 4.78 is 6.54. The Labute approximate surface area is 230 Å². The van der Waals surface area contributed by atoms with Crippen LogP contribution in [0.25, 0.3) is 5.57 Å². The number of nitrogens with zero attached hydrogens (tertiary/aromatic N) is 5. The minimum absolute atomic E-state index is 0.0811. The number of hydrogen-bond acceptors (Lipinski definition) is 3. The average molecular weight is 523 g/mol. The molecule has 1 atom stereocenters. The van der Waals surface area contributed by atoms with Crippen molar-refractivity contribution < 1.29 is 19.2 Å². The smallest absolute Gasteiger partial charge is 0.386 e. The fraction of sp³-hybridized carbons (Fsp3) is 0.400. The van der Waals surface area contributed by atoms with Crippen molar-refractivity contribution in [3.05, 3.63) is 77.4 Å². The number of aliphatic hydroxyl groups is 1. The van der Waals surface area contributed by atoms with E-state index in [0.29, 0.717) is 0 Å². The third-order valence-corrected chi connectivity index (χ3v) is 7.85. The van der Waals surface area contributed by atoms with Gasteiger partial charge in [0.25, 0.3) is 11.7 Å². The Hall–Kier alpha value is -3.72. The Balaban J connectivity index is 1.36. The molecule has 1 saturated heterocycles. The molecule has 2 aromatic rings. The van der Waals surface area contributed by atoms with Crippen molar-refractivity contribution in [1.29, 1.82) is 0 Å². The third kappa shape index (κ3) is 4.91. The SMILES string of the molecule is CCCCCC(O)C1=C[N+](c2ccc3n2[B]N2C(=C3c3ccc(NC(C)=O)cc3)C=CC2=[N+]2CCCCC2)=N1. The predicted octanol–water partition coefficient (Wildman–Crippen LogP) is 4.96. The van der Waals surface area contributed by atoms with Gasteiger partial charge in [0.15, 0.2) is 5.70 Å². The second kappa shape index (κ2) is 10.8. The number of rotatable bonds is 8. The van der Waals surface area contributed by atoms with E-state index in [4.69, 9.17) is 0 Å². The van der Waals surface area contributed by atoms with Gasteiger partial charge in [-0.3, -0.25) is 9.37 Å². The van der Waals surface area contributed by atoms with Crippen molar-refractivity contribution in [1.82, 2.24) is 9.29 Å². The maximum atomic E-state index is 11.5. The molecule has 4 aliphatic heterocycles. The maximum absolute atomic E-state index is 11.5. The Bertz CT molecular complexity index is 1440. The van der Waals surface area contributed by atoms with Gasteiger partial charge in [-0.2, -0.15) is 0 Å². The van der Waals surface area contributed by atoms with Crippen LogP contribution in [0.1, 0.15) is 70.1 Å². The van der Waals surface area contributed by atoms with Crippen LogP contribution in [0.15, 0.2) is 71.3 Å². The van der Waals surface area contributed by atoms with E-state index in [-0.39, 0.29) is 5.91 Å². The molecule has 1 fully saturated rings. The monoisotopic (exact) mass is 523 g/mol. The summed E-state index contributed by atoms with van der Waals surface area (Å²) in [7, 11) is 2.16. The van der Waals surface area contributed by atoms with Crippen LogP contribution in [-0.4, -0.2) is 62.2 Å². The van der Waals surface area contributed by atoms with Crippen LogP contribution in [0.5, 0.6) is 0 Å². The van der Waals surface area contributed by atoms with Crippen LogP contribution in [0.3, 0.4) is 0 Å². The summed E-state index contributed by atoms with van der Waals surface area (Å²) in [5.74, 6) is 2.05. The van der Waals surface area contributed by atoms with E-state index in [2.05, 4.69) is 75.2 Å². The van der Waals surface area contributed by atoms with Gasteiger partial charge >= 0.3 is 7.55 Å².